The SMILES string of the molecule is NC(=O)OCCCOc1cccc(Br)c1Cl. The standard InChI is InChI=1S/C10H11BrClNO3/c11-7-3-1-4-8(9(7)12)15-5-2-6-16-10(13)14/h1,3-4H,2,5-6H2,(H2,13,14). The van der Waals surface area contributed by atoms with Crippen molar-refractivity contribution < 1.29 is 14.3 Å². The first-order chi connectivity index (χ1) is 7.61. The van der Waals surface area contributed by atoms with E-state index in [1.54, 1.807) is 6.07 Å². The second kappa shape index (κ2) is 6.60. The number of hydrogen-bond acceptors (Lipinski definition) is 3. The van der Waals surface area contributed by atoms with E-state index in [4.69, 9.17) is 22.1 Å². The fourth-order valence-electron chi connectivity index (χ4n) is 1.01. The molecule has 0 aromatic heterocycles. The van der Waals surface area contributed by atoms with E-state index in [-0.39, 0.29) is 6.61 Å². The minimum atomic E-state index is -0.777. The molecule has 0 aliphatic heterocycles. The maximum atomic E-state index is 10.3. The van der Waals surface area contributed by atoms with E-state index in [9.17, 15) is 4.79 Å². The van der Waals surface area contributed by atoms with Crippen LogP contribution in [-0.2, 0) is 4.74 Å². The molecule has 0 radical (unpaired) electrons. The molecule has 0 aliphatic rings. The molecule has 0 atom stereocenters. The summed E-state index contributed by atoms with van der Waals surface area (Å²) < 4.78 is 10.7. The highest BCUT2D eigenvalue weighted by atomic mass is 79.9. The van der Waals surface area contributed by atoms with Crippen molar-refractivity contribution in [3.63, 3.8) is 0 Å². The molecular weight excluding hydrogens is 297 g/mol. The van der Waals surface area contributed by atoms with Gasteiger partial charge in [0.25, 0.3) is 0 Å². The molecule has 1 amide bonds. The van der Waals surface area contributed by atoms with E-state index in [0.717, 1.165) is 4.47 Å². The van der Waals surface area contributed by atoms with Gasteiger partial charge in [-0.3, -0.25) is 0 Å². The van der Waals surface area contributed by atoms with Crippen molar-refractivity contribution in [1.29, 1.82) is 0 Å². The lowest BCUT2D eigenvalue weighted by Gasteiger charge is -2.08. The van der Waals surface area contributed by atoms with Crippen LogP contribution in [-0.4, -0.2) is 19.3 Å². The van der Waals surface area contributed by atoms with Crippen molar-refractivity contribution in [1.82, 2.24) is 0 Å². The van der Waals surface area contributed by atoms with Crippen LogP contribution >= 0.6 is 27.5 Å². The molecule has 16 heavy (non-hydrogen) atoms. The monoisotopic (exact) mass is 307 g/mol. The predicted octanol–water partition coefficient (Wildman–Crippen LogP) is 2.97. The summed E-state index contributed by atoms with van der Waals surface area (Å²) in [6.45, 7) is 0.643. The summed E-state index contributed by atoms with van der Waals surface area (Å²) in [5.74, 6) is 0.593. The van der Waals surface area contributed by atoms with Crippen molar-refractivity contribution in [2.24, 2.45) is 5.73 Å². The van der Waals surface area contributed by atoms with Crippen molar-refractivity contribution >= 4 is 33.6 Å². The highest BCUT2D eigenvalue weighted by molar-refractivity contribution is 9.10. The highest BCUT2D eigenvalue weighted by Crippen LogP contribution is 2.31. The number of ether oxygens (including phenoxy) is 2. The van der Waals surface area contributed by atoms with Gasteiger partial charge in [-0.05, 0) is 28.1 Å². The molecule has 1 aromatic rings. The largest absolute Gasteiger partial charge is 0.492 e. The maximum Gasteiger partial charge on any atom is 0.404 e. The minimum absolute atomic E-state index is 0.237. The molecule has 4 nitrogen and oxygen atoms in total. The van der Waals surface area contributed by atoms with Crippen LogP contribution in [0.25, 0.3) is 0 Å². The molecule has 88 valence electrons. The fraction of sp³-hybridized carbons (Fsp3) is 0.300. The summed E-state index contributed by atoms with van der Waals surface area (Å²) in [5, 5.41) is 0.526. The molecule has 2 N–H and O–H groups in total. The second-order valence-corrected chi connectivity index (χ2v) is 4.15. The summed E-state index contributed by atoms with van der Waals surface area (Å²) in [4.78, 5) is 10.3. The smallest absolute Gasteiger partial charge is 0.404 e. The number of primary amides is 1. The first-order valence-electron chi connectivity index (χ1n) is 4.60. The van der Waals surface area contributed by atoms with Gasteiger partial charge in [0.15, 0.2) is 0 Å². The third-order valence-electron chi connectivity index (χ3n) is 1.71. The molecule has 1 rings (SSSR count). The zero-order chi connectivity index (χ0) is 12.0. The first kappa shape index (κ1) is 13.1. The van der Waals surface area contributed by atoms with Gasteiger partial charge < -0.3 is 15.2 Å². The zero-order valence-electron chi connectivity index (χ0n) is 8.41. The Hall–Kier alpha value is -0.940. The molecule has 0 spiro atoms. The van der Waals surface area contributed by atoms with Crippen LogP contribution in [0.5, 0.6) is 5.75 Å². The summed E-state index contributed by atoms with van der Waals surface area (Å²) >= 11 is 9.27. The molecule has 6 heteroatoms. The van der Waals surface area contributed by atoms with E-state index < -0.39 is 6.09 Å². The molecule has 0 fully saturated rings. The molecule has 0 bridgehead atoms. The summed E-state index contributed by atoms with van der Waals surface area (Å²) in [7, 11) is 0. The van der Waals surface area contributed by atoms with E-state index >= 15 is 0 Å². The van der Waals surface area contributed by atoms with Crippen LogP contribution in [0.2, 0.25) is 5.02 Å². The number of rotatable bonds is 5. The fourth-order valence-corrected chi connectivity index (χ4v) is 1.54. The number of amides is 1. The number of carbonyl (C=O) groups excluding carboxylic acids is 1. The number of halogens is 2. The molecule has 1 aromatic carbocycles. The van der Waals surface area contributed by atoms with Gasteiger partial charge in [-0.2, -0.15) is 0 Å². The van der Waals surface area contributed by atoms with Gasteiger partial charge >= 0.3 is 6.09 Å². The van der Waals surface area contributed by atoms with Crippen molar-refractivity contribution in [2.45, 2.75) is 6.42 Å². The van der Waals surface area contributed by atoms with Crippen LogP contribution in [0, 0.1) is 0 Å². The molecular formula is C10H11BrClNO3. The minimum Gasteiger partial charge on any atom is -0.492 e. The van der Waals surface area contributed by atoms with Crippen LogP contribution in [0.15, 0.2) is 22.7 Å². The average molecular weight is 309 g/mol. The normalized spacial score (nSPS) is 9.88. The van der Waals surface area contributed by atoms with Gasteiger partial charge in [0.1, 0.15) is 5.75 Å². The van der Waals surface area contributed by atoms with Crippen molar-refractivity contribution in [3.05, 3.63) is 27.7 Å². The molecule has 0 heterocycles. The summed E-state index contributed by atoms with van der Waals surface area (Å²) in [6.07, 6.45) is -0.216. The van der Waals surface area contributed by atoms with Crippen LogP contribution in [0.3, 0.4) is 0 Å². The van der Waals surface area contributed by atoms with E-state index in [1.807, 2.05) is 12.1 Å². The Morgan fingerprint density at radius 2 is 2.19 bits per heavy atom. The number of nitrogens with two attached hydrogens (primary N) is 1. The number of carbonyl (C=O) groups is 1. The Labute approximate surface area is 107 Å². The highest BCUT2D eigenvalue weighted by Gasteiger charge is 2.04. The summed E-state index contributed by atoms with van der Waals surface area (Å²) in [6, 6.07) is 5.42. The van der Waals surface area contributed by atoms with Gasteiger partial charge in [-0.1, -0.05) is 17.7 Å². The molecule has 0 aliphatic carbocycles. The van der Waals surface area contributed by atoms with Gasteiger partial charge in [0.05, 0.1) is 18.2 Å². The Morgan fingerprint density at radius 3 is 2.88 bits per heavy atom. The van der Waals surface area contributed by atoms with Gasteiger partial charge in [0, 0.05) is 10.9 Å². The second-order valence-electron chi connectivity index (χ2n) is 2.92. The molecule has 0 saturated carbocycles. The van der Waals surface area contributed by atoms with Crippen LogP contribution in [0.4, 0.5) is 4.79 Å². The average Bonchev–Trinajstić information content (AvgIpc) is 2.23. The third kappa shape index (κ3) is 4.28. The van der Waals surface area contributed by atoms with E-state index in [1.165, 1.54) is 0 Å². The number of benzene rings is 1. The summed E-state index contributed by atoms with van der Waals surface area (Å²) in [5.41, 5.74) is 4.80. The predicted molar refractivity (Wildman–Crippen MR) is 64.8 cm³/mol. The van der Waals surface area contributed by atoms with Crippen molar-refractivity contribution in [2.75, 3.05) is 13.2 Å². The first-order valence-corrected chi connectivity index (χ1v) is 5.77. The van der Waals surface area contributed by atoms with E-state index in [2.05, 4.69) is 20.7 Å². The molecule has 0 saturated heterocycles. The third-order valence-corrected chi connectivity index (χ3v) is 2.99. The Morgan fingerprint density at radius 1 is 1.44 bits per heavy atom. The van der Waals surface area contributed by atoms with Gasteiger partial charge in [-0.15, -0.1) is 0 Å². The number of hydrogen-bond donors (Lipinski definition) is 1. The van der Waals surface area contributed by atoms with Gasteiger partial charge in [-0.25, -0.2) is 4.79 Å². The lowest BCUT2D eigenvalue weighted by molar-refractivity contribution is 0.147. The van der Waals surface area contributed by atoms with Crippen LogP contribution < -0.4 is 10.5 Å². The lowest BCUT2D eigenvalue weighted by atomic mass is 10.3. The maximum absolute atomic E-state index is 10.3. The zero-order valence-corrected chi connectivity index (χ0v) is 10.8. The van der Waals surface area contributed by atoms with Crippen LogP contribution in [0.1, 0.15) is 6.42 Å². The lowest BCUT2D eigenvalue weighted by Crippen LogP contribution is -2.15. The molecule has 0 unspecified atom stereocenters. The topological polar surface area (TPSA) is 61.6 Å². The van der Waals surface area contributed by atoms with E-state index in [0.29, 0.717) is 23.8 Å². The quantitative estimate of drug-likeness (QED) is 0.851. The Bertz CT molecular complexity index is 373. The van der Waals surface area contributed by atoms with Crippen molar-refractivity contribution in [3.8, 4) is 5.75 Å². The Kier molecular flexibility index (Phi) is 5.42. The Balaban J connectivity index is 2.32. The van der Waals surface area contributed by atoms with Gasteiger partial charge in [0.2, 0.25) is 0 Å².